The molecule has 1 heterocycles. The Labute approximate surface area is 145 Å². The number of rotatable bonds is 4. The number of benzene rings is 1. The van der Waals surface area contributed by atoms with E-state index in [1.54, 1.807) is 10.3 Å². The fraction of sp³-hybridized carbons (Fsp3) is 0.412. The van der Waals surface area contributed by atoms with Gasteiger partial charge in [0.1, 0.15) is 0 Å². The Morgan fingerprint density at radius 2 is 1.88 bits per heavy atom. The summed E-state index contributed by atoms with van der Waals surface area (Å²) < 4.78 is 4.42. The van der Waals surface area contributed by atoms with Crippen LogP contribution in [-0.2, 0) is 25.7 Å². The Kier molecular flexibility index (Phi) is 4.10. The van der Waals surface area contributed by atoms with Crippen molar-refractivity contribution in [1.82, 2.24) is 13.9 Å². The highest BCUT2D eigenvalue weighted by molar-refractivity contribution is 7.96. The molecular formula is C17H21N5OS. The average Bonchev–Trinajstić information content (AvgIpc) is 3.32. The van der Waals surface area contributed by atoms with Gasteiger partial charge in [-0.1, -0.05) is 6.07 Å². The summed E-state index contributed by atoms with van der Waals surface area (Å²) in [7, 11) is 1.84. The third-order valence-electron chi connectivity index (χ3n) is 4.79. The number of hydrogen-bond acceptors (Lipinski definition) is 4. The first-order chi connectivity index (χ1) is 11.7. The second-order valence-electron chi connectivity index (χ2n) is 6.26. The lowest BCUT2D eigenvalue weighted by atomic mass is 9.99. The third-order valence-corrected chi connectivity index (χ3v) is 5.46. The minimum Gasteiger partial charge on any atom is -0.386 e. The molecule has 2 aromatic rings. The maximum atomic E-state index is 12.4. The standard InChI is InChI=1S/C17H21N5OS/c1-18-13-9-19-22(10-13)24-21-17(23)20-16-14-6-2-4-11(14)8-12-5-3-7-15(12)16/h8-10,18H,2-7H2,1H3,(H2,20,21,23). The van der Waals surface area contributed by atoms with Crippen LogP contribution in [0.3, 0.4) is 0 Å². The maximum absolute atomic E-state index is 12.4. The zero-order valence-electron chi connectivity index (χ0n) is 13.7. The molecule has 1 aromatic carbocycles. The third kappa shape index (κ3) is 2.84. The van der Waals surface area contributed by atoms with E-state index in [4.69, 9.17) is 0 Å². The Hall–Kier alpha value is -2.15. The Morgan fingerprint density at radius 3 is 2.50 bits per heavy atom. The summed E-state index contributed by atoms with van der Waals surface area (Å²) in [6.07, 6.45) is 10.3. The number of urea groups is 1. The fourth-order valence-electron chi connectivity index (χ4n) is 3.68. The number of hydrogen-bond donors (Lipinski definition) is 3. The topological polar surface area (TPSA) is 71.0 Å². The van der Waals surface area contributed by atoms with Gasteiger partial charge in [0, 0.05) is 12.7 Å². The predicted octanol–water partition coefficient (Wildman–Crippen LogP) is 3.14. The van der Waals surface area contributed by atoms with Crippen LogP contribution in [0.25, 0.3) is 0 Å². The van der Waals surface area contributed by atoms with Gasteiger partial charge < -0.3 is 10.6 Å². The van der Waals surface area contributed by atoms with Gasteiger partial charge in [0.05, 0.1) is 30.2 Å². The maximum Gasteiger partial charge on any atom is 0.330 e. The number of aryl methyl sites for hydroxylation is 2. The van der Waals surface area contributed by atoms with E-state index in [0.29, 0.717) is 0 Å². The second kappa shape index (κ2) is 6.39. The highest BCUT2D eigenvalue weighted by atomic mass is 32.2. The molecule has 2 amide bonds. The first-order valence-corrected chi connectivity index (χ1v) is 9.15. The Bertz CT molecular complexity index is 753. The van der Waals surface area contributed by atoms with Gasteiger partial charge in [-0.3, -0.25) is 4.72 Å². The van der Waals surface area contributed by atoms with Crippen molar-refractivity contribution in [3.8, 4) is 0 Å². The minimum atomic E-state index is -0.198. The van der Waals surface area contributed by atoms with E-state index in [9.17, 15) is 4.79 Å². The van der Waals surface area contributed by atoms with E-state index < -0.39 is 0 Å². The van der Waals surface area contributed by atoms with Gasteiger partial charge in [0.2, 0.25) is 0 Å². The zero-order chi connectivity index (χ0) is 16.5. The summed E-state index contributed by atoms with van der Waals surface area (Å²) in [6.45, 7) is 0. The molecule has 4 rings (SSSR count). The van der Waals surface area contributed by atoms with Gasteiger partial charge in [-0.15, -0.1) is 0 Å². The van der Waals surface area contributed by atoms with Gasteiger partial charge in [-0.05, 0) is 60.8 Å². The molecule has 0 radical (unpaired) electrons. The zero-order valence-corrected chi connectivity index (χ0v) is 14.5. The number of nitrogens with zero attached hydrogens (tertiary/aromatic N) is 2. The van der Waals surface area contributed by atoms with Crippen LogP contribution in [0.15, 0.2) is 18.5 Å². The van der Waals surface area contributed by atoms with Crippen molar-refractivity contribution in [3.63, 3.8) is 0 Å². The first kappa shape index (κ1) is 15.4. The molecule has 0 saturated carbocycles. The summed E-state index contributed by atoms with van der Waals surface area (Å²) in [6, 6.07) is 2.17. The van der Waals surface area contributed by atoms with Crippen LogP contribution >= 0.6 is 12.1 Å². The van der Waals surface area contributed by atoms with Crippen LogP contribution in [0, 0.1) is 0 Å². The van der Waals surface area contributed by atoms with Crippen LogP contribution in [0.5, 0.6) is 0 Å². The lowest BCUT2D eigenvalue weighted by molar-refractivity contribution is 0.257. The molecule has 24 heavy (non-hydrogen) atoms. The number of carbonyl (C=O) groups is 1. The molecule has 2 aliphatic carbocycles. The molecule has 1 aromatic heterocycles. The Morgan fingerprint density at radius 1 is 1.17 bits per heavy atom. The first-order valence-electron chi connectivity index (χ1n) is 8.38. The van der Waals surface area contributed by atoms with Crippen molar-refractivity contribution >= 4 is 29.5 Å². The minimum absolute atomic E-state index is 0.198. The summed E-state index contributed by atoms with van der Waals surface area (Å²) in [5.41, 5.74) is 7.49. The largest absolute Gasteiger partial charge is 0.386 e. The monoisotopic (exact) mass is 343 g/mol. The van der Waals surface area contributed by atoms with Gasteiger partial charge >= 0.3 is 6.03 Å². The van der Waals surface area contributed by atoms with Crippen LogP contribution in [0.2, 0.25) is 0 Å². The highest BCUT2D eigenvalue weighted by Gasteiger charge is 2.24. The summed E-state index contributed by atoms with van der Waals surface area (Å²) >= 11 is 1.15. The highest BCUT2D eigenvalue weighted by Crippen LogP contribution is 2.38. The molecule has 126 valence electrons. The lowest BCUT2D eigenvalue weighted by Gasteiger charge is -2.16. The van der Waals surface area contributed by atoms with E-state index in [1.165, 1.54) is 35.1 Å². The van der Waals surface area contributed by atoms with Crippen molar-refractivity contribution in [1.29, 1.82) is 0 Å². The van der Waals surface area contributed by atoms with Crippen molar-refractivity contribution < 1.29 is 4.79 Å². The van der Waals surface area contributed by atoms with Crippen molar-refractivity contribution in [2.75, 3.05) is 17.7 Å². The quantitative estimate of drug-likeness (QED) is 0.746. The number of aromatic nitrogens is 2. The molecule has 3 N–H and O–H groups in total. The van der Waals surface area contributed by atoms with Crippen LogP contribution in [-0.4, -0.2) is 22.3 Å². The molecule has 2 aliphatic rings. The summed E-state index contributed by atoms with van der Waals surface area (Å²) in [5.74, 6) is 0. The molecule has 0 fully saturated rings. The number of anilines is 2. The van der Waals surface area contributed by atoms with Crippen LogP contribution < -0.4 is 15.4 Å². The summed E-state index contributed by atoms with van der Waals surface area (Å²) in [5, 5.41) is 10.3. The lowest BCUT2D eigenvalue weighted by Crippen LogP contribution is -2.25. The van der Waals surface area contributed by atoms with Crippen LogP contribution in [0.1, 0.15) is 35.1 Å². The summed E-state index contributed by atoms with van der Waals surface area (Å²) in [4.78, 5) is 12.4. The molecule has 0 bridgehead atoms. The molecule has 0 unspecified atom stereocenters. The van der Waals surface area contributed by atoms with E-state index in [-0.39, 0.29) is 6.03 Å². The van der Waals surface area contributed by atoms with Crippen molar-refractivity contribution in [3.05, 3.63) is 40.7 Å². The van der Waals surface area contributed by atoms with E-state index in [0.717, 1.165) is 49.2 Å². The van der Waals surface area contributed by atoms with Crippen LogP contribution in [0.4, 0.5) is 16.2 Å². The normalized spacial score (nSPS) is 15.0. The number of fused-ring (bicyclic) bond motifs is 2. The smallest absolute Gasteiger partial charge is 0.330 e. The van der Waals surface area contributed by atoms with Gasteiger partial charge in [0.15, 0.2) is 0 Å². The molecule has 7 heteroatoms. The molecule has 6 nitrogen and oxygen atoms in total. The molecule has 0 spiro atoms. The van der Waals surface area contributed by atoms with Crippen molar-refractivity contribution in [2.24, 2.45) is 0 Å². The van der Waals surface area contributed by atoms with Gasteiger partial charge in [0.25, 0.3) is 0 Å². The predicted molar refractivity (Wildman–Crippen MR) is 97.4 cm³/mol. The fourth-order valence-corrected chi connectivity index (χ4v) is 4.17. The van der Waals surface area contributed by atoms with Gasteiger partial charge in [-0.2, -0.15) is 9.19 Å². The van der Waals surface area contributed by atoms with Crippen molar-refractivity contribution in [2.45, 2.75) is 38.5 Å². The van der Waals surface area contributed by atoms with E-state index in [2.05, 4.69) is 26.5 Å². The molecule has 0 aliphatic heterocycles. The number of carbonyl (C=O) groups excluding carboxylic acids is 1. The Balaban J connectivity index is 1.48. The number of amides is 2. The molecular weight excluding hydrogens is 322 g/mol. The van der Waals surface area contributed by atoms with E-state index in [1.807, 2.05) is 13.2 Å². The average molecular weight is 343 g/mol. The second-order valence-corrected chi connectivity index (χ2v) is 7.02. The van der Waals surface area contributed by atoms with Gasteiger partial charge in [-0.25, -0.2) is 4.79 Å². The van der Waals surface area contributed by atoms with E-state index >= 15 is 0 Å². The SMILES string of the molecule is CNc1cnn(SNC(=O)Nc2c3c(cc4c2CCC4)CCC3)c1. The number of nitrogens with one attached hydrogen (secondary N) is 3. The molecule has 0 atom stereocenters. The molecule has 0 saturated heterocycles.